The van der Waals surface area contributed by atoms with Gasteiger partial charge in [-0.25, -0.2) is 4.57 Å². The molecule has 0 saturated carbocycles. The fraction of sp³-hybridized carbons (Fsp3) is 0.517. The van der Waals surface area contributed by atoms with Crippen LogP contribution in [-0.2, 0) is 32.7 Å². The van der Waals surface area contributed by atoms with Crippen LogP contribution < -0.4 is 5.73 Å². The zero-order valence-corrected chi connectivity index (χ0v) is 61.6. The molecule has 0 aliphatic heterocycles. The first kappa shape index (κ1) is 90.8. The highest BCUT2D eigenvalue weighted by molar-refractivity contribution is 7.47. The first-order valence-electron chi connectivity index (χ1n) is 37.5. The maximum absolute atomic E-state index is 12.8. The lowest BCUT2D eigenvalue weighted by molar-refractivity contribution is -0.161. The van der Waals surface area contributed by atoms with Crippen LogP contribution in [0.1, 0.15) is 258 Å². The summed E-state index contributed by atoms with van der Waals surface area (Å²) in [5.41, 5.74) is 5.40. The number of carbonyl (C=O) groups is 2. The third-order valence-corrected chi connectivity index (χ3v) is 15.7. The smallest absolute Gasteiger partial charge is 0.462 e. The molecular weight excluding hydrogens is 1220 g/mol. The van der Waals surface area contributed by atoms with Crippen LogP contribution in [0.4, 0.5) is 0 Å². The number of phosphoric acid groups is 1. The van der Waals surface area contributed by atoms with Gasteiger partial charge in [0.05, 0.1) is 13.2 Å². The molecule has 0 heterocycles. The quantitative estimate of drug-likeness (QED) is 0.0264. The van der Waals surface area contributed by atoms with E-state index in [4.69, 9.17) is 24.3 Å². The molecule has 9 nitrogen and oxygen atoms in total. The Morgan fingerprint density at radius 2 is 0.536 bits per heavy atom. The summed E-state index contributed by atoms with van der Waals surface area (Å²) < 4.78 is 33.1. The Morgan fingerprint density at radius 1 is 0.309 bits per heavy atom. The minimum absolute atomic E-state index is 0.0334. The van der Waals surface area contributed by atoms with Gasteiger partial charge in [0.15, 0.2) is 6.10 Å². The first-order valence-corrected chi connectivity index (χ1v) is 39.0. The molecule has 0 fully saturated rings. The third kappa shape index (κ3) is 78.7. The van der Waals surface area contributed by atoms with Crippen molar-refractivity contribution in [1.82, 2.24) is 0 Å². The highest BCUT2D eigenvalue weighted by Gasteiger charge is 2.26. The van der Waals surface area contributed by atoms with Crippen molar-refractivity contribution >= 4 is 19.8 Å². The van der Waals surface area contributed by atoms with E-state index < -0.39 is 32.5 Å². The number of ether oxygens (including phenoxy) is 2. The van der Waals surface area contributed by atoms with Gasteiger partial charge >= 0.3 is 19.8 Å². The largest absolute Gasteiger partial charge is 0.472 e. The normalized spacial score (nSPS) is 14.3. The summed E-state index contributed by atoms with van der Waals surface area (Å²) in [4.78, 5) is 35.4. The number of esters is 2. The predicted molar refractivity (Wildman–Crippen MR) is 421 cm³/mol. The van der Waals surface area contributed by atoms with Crippen LogP contribution in [0.5, 0.6) is 0 Å². The van der Waals surface area contributed by atoms with E-state index in [2.05, 4.69) is 257 Å². The molecule has 0 radical (unpaired) electrons. The molecule has 0 aromatic heterocycles. The van der Waals surface area contributed by atoms with Crippen LogP contribution in [0, 0.1) is 0 Å². The van der Waals surface area contributed by atoms with Gasteiger partial charge in [0, 0.05) is 19.4 Å². The minimum Gasteiger partial charge on any atom is -0.462 e. The minimum atomic E-state index is -4.43. The van der Waals surface area contributed by atoms with Crippen LogP contribution in [0.2, 0.25) is 0 Å². The molecule has 540 valence electrons. The highest BCUT2D eigenvalue weighted by atomic mass is 31.2. The van der Waals surface area contributed by atoms with Gasteiger partial charge in [0.25, 0.3) is 0 Å². The molecule has 3 N–H and O–H groups in total. The summed E-state index contributed by atoms with van der Waals surface area (Å²) in [5.74, 6) is -0.898. The highest BCUT2D eigenvalue weighted by Crippen LogP contribution is 2.43. The number of hydrogen-bond donors (Lipinski definition) is 2. The Hall–Kier alpha value is -6.19. The zero-order chi connectivity index (χ0) is 70.0. The number of phosphoric ester groups is 1. The monoisotopic (exact) mass is 1350 g/mol. The zero-order valence-electron chi connectivity index (χ0n) is 60.7. The van der Waals surface area contributed by atoms with E-state index in [9.17, 15) is 19.0 Å². The lowest BCUT2D eigenvalue weighted by Crippen LogP contribution is -2.29. The Balaban J connectivity index is 4.05. The van der Waals surface area contributed by atoms with E-state index in [1.54, 1.807) is 0 Å². The van der Waals surface area contributed by atoms with Crippen molar-refractivity contribution in [2.45, 2.75) is 264 Å². The van der Waals surface area contributed by atoms with Gasteiger partial charge in [-0.05, 0) is 167 Å². The lowest BCUT2D eigenvalue weighted by Gasteiger charge is -2.19. The summed E-state index contributed by atoms with van der Waals surface area (Å²) in [6.07, 6.45) is 125. The van der Waals surface area contributed by atoms with Gasteiger partial charge in [-0.2, -0.15) is 0 Å². The second-order valence-electron chi connectivity index (χ2n) is 23.7. The molecule has 97 heavy (non-hydrogen) atoms. The van der Waals surface area contributed by atoms with E-state index in [0.29, 0.717) is 12.8 Å². The number of nitrogens with two attached hydrogens (primary N) is 1. The van der Waals surface area contributed by atoms with Crippen molar-refractivity contribution in [3.63, 3.8) is 0 Å². The second-order valence-corrected chi connectivity index (χ2v) is 25.1. The van der Waals surface area contributed by atoms with Crippen molar-refractivity contribution < 1.29 is 37.6 Å². The summed E-state index contributed by atoms with van der Waals surface area (Å²) in [5, 5.41) is 0. The summed E-state index contributed by atoms with van der Waals surface area (Å²) >= 11 is 0. The number of rotatable bonds is 67. The van der Waals surface area contributed by atoms with E-state index in [-0.39, 0.29) is 32.6 Å². The van der Waals surface area contributed by atoms with Gasteiger partial charge in [0.1, 0.15) is 6.61 Å². The summed E-state index contributed by atoms with van der Waals surface area (Å²) in [7, 11) is -4.43. The molecule has 10 heteroatoms. The van der Waals surface area contributed by atoms with Crippen LogP contribution in [0.25, 0.3) is 0 Å². The Morgan fingerprint density at radius 3 is 0.814 bits per heavy atom. The fourth-order valence-corrected chi connectivity index (χ4v) is 10.0. The average Bonchev–Trinajstić information content (AvgIpc) is 2.88. The molecule has 0 aromatic carbocycles. The molecule has 0 aliphatic carbocycles. The molecule has 0 amide bonds. The van der Waals surface area contributed by atoms with Crippen LogP contribution >= 0.6 is 7.82 Å². The molecule has 0 saturated heterocycles. The van der Waals surface area contributed by atoms with E-state index in [1.807, 2.05) is 0 Å². The predicted octanol–water partition coefficient (Wildman–Crippen LogP) is 25.5. The third-order valence-electron chi connectivity index (χ3n) is 14.7. The molecule has 2 atom stereocenters. The van der Waals surface area contributed by atoms with Gasteiger partial charge in [-0.3, -0.25) is 18.6 Å². The first-order chi connectivity index (χ1) is 47.8. The molecule has 0 rings (SSSR count). The number of unbranched alkanes of at least 4 members (excludes halogenated alkanes) is 14. The topological polar surface area (TPSA) is 134 Å². The maximum atomic E-state index is 12.8. The summed E-state index contributed by atoms with van der Waals surface area (Å²) in [6.45, 7) is 3.44. The summed E-state index contributed by atoms with van der Waals surface area (Å²) in [6, 6.07) is 0. The van der Waals surface area contributed by atoms with Crippen molar-refractivity contribution in [3.8, 4) is 0 Å². The van der Waals surface area contributed by atoms with Gasteiger partial charge in [-0.15, -0.1) is 0 Å². The number of carbonyl (C=O) groups excluding carboxylic acids is 2. The van der Waals surface area contributed by atoms with E-state index in [0.717, 1.165) is 167 Å². The standard InChI is InChI=1S/C87H134NO8P/c1-3-5-7-9-11-13-15-17-19-21-23-25-27-29-31-33-35-37-39-41-42-44-46-48-50-52-54-56-58-60-62-64-66-68-70-72-74-76-78-80-87(90)96-85(84-95-97(91,92)94-82-81-88)83-93-86(89)79-77-75-73-71-69-67-65-63-61-59-57-55-53-51-49-47-45-43-40-38-36-34-32-30-28-26-24-22-20-18-16-14-12-10-8-6-4-2/h5-8,11-14,17-20,23-26,29-32,35-38,41-43,45-46,48-49,51-52,54,58,60,64,66,70,72,85H,3-4,9-10,15-16,21-22,27-28,33-34,39-40,44,47,50,53,55-57,59,61-63,65,67-69,71,73-84,88H2,1-2H3,(H,91,92)/b7-5-,8-6-,13-11-,14-12-,19-17-,20-18-,25-23-,26-24-,31-29-,32-30-,37-35-,38-36-,42-41-,45-43-,48-46-,51-49-,54-52-,60-58-,66-64-,72-70-. The Bertz CT molecular complexity index is 2500. The number of hydrogen-bond acceptors (Lipinski definition) is 8. The van der Waals surface area contributed by atoms with Gasteiger partial charge < -0.3 is 20.1 Å². The number of allylic oxidation sites excluding steroid dienone is 40. The average molecular weight is 1350 g/mol. The molecule has 2 unspecified atom stereocenters. The molecule has 0 aromatic rings. The van der Waals surface area contributed by atoms with Crippen LogP contribution in [-0.4, -0.2) is 49.3 Å². The molecule has 0 bridgehead atoms. The SMILES string of the molecule is CC/C=C\C/C=C\C/C=C\C/C=C\C/C=C\C/C=C\C/C=C\C/C=C\C/C=C\C/C=C\C/C=C\C/C=C\CCCCC(=O)OC(COC(=O)CCCCCCCCCCCCCC/C=C\C/C=C\C/C=C\C/C=C\C/C=C\C/C=C\C/C=C\C/C=C\CC)COP(=O)(O)OCCN. The van der Waals surface area contributed by atoms with Crippen molar-refractivity contribution in [1.29, 1.82) is 0 Å². The van der Waals surface area contributed by atoms with E-state index in [1.165, 1.54) is 51.4 Å². The van der Waals surface area contributed by atoms with Crippen molar-refractivity contribution in [2.75, 3.05) is 26.4 Å². The van der Waals surface area contributed by atoms with Crippen molar-refractivity contribution in [3.05, 3.63) is 243 Å². The van der Waals surface area contributed by atoms with Gasteiger partial charge in [-0.1, -0.05) is 321 Å². The second kappa shape index (κ2) is 78.8. The molecular formula is C87H134NO8P. The fourth-order valence-electron chi connectivity index (χ4n) is 9.28. The molecule has 0 spiro atoms. The van der Waals surface area contributed by atoms with E-state index >= 15 is 0 Å². The molecule has 0 aliphatic rings. The maximum Gasteiger partial charge on any atom is 0.472 e. The lowest BCUT2D eigenvalue weighted by atomic mass is 10.0. The Kier molecular flexibility index (Phi) is 73.8. The van der Waals surface area contributed by atoms with Crippen LogP contribution in [0.3, 0.4) is 0 Å². The van der Waals surface area contributed by atoms with Gasteiger partial charge in [0.2, 0.25) is 0 Å². The van der Waals surface area contributed by atoms with Crippen LogP contribution in [0.15, 0.2) is 243 Å². The van der Waals surface area contributed by atoms with Crippen molar-refractivity contribution in [2.24, 2.45) is 5.73 Å². The Labute approximate surface area is 593 Å².